The van der Waals surface area contributed by atoms with Crippen molar-refractivity contribution in [2.75, 3.05) is 62.2 Å². The van der Waals surface area contributed by atoms with Crippen LogP contribution in [0.4, 0.5) is 29.7 Å². The van der Waals surface area contributed by atoms with Crippen LogP contribution in [-0.4, -0.2) is 102 Å². The molecule has 13 heteroatoms. The van der Waals surface area contributed by atoms with Crippen molar-refractivity contribution >= 4 is 23.8 Å². The van der Waals surface area contributed by atoms with Gasteiger partial charge in [0.05, 0.1) is 6.10 Å². The molecule has 4 heterocycles. The van der Waals surface area contributed by atoms with Crippen molar-refractivity contribution in [3.05, 3.63) is 11.3 Å². The van der Waals surface area contributed by atoms with Crippen LogP contribution in [0.25, 0.3) is 0 Å². The number of nitrogens with zero attached hydrogens (tertiary/aromatic N) is 6. The van der Waals surface area contributed by atoms with Gasteiger partial charge in [-0.25, -0.2) is 9.78 Å². The van der Waals surface area contributed by atoms with Gasteiger partial charge in [0.1, 0.15) is 18.0 Å². The van der Waals surface area contributed by atoms with E-state index >= 15 is 0 Å². The lowest BCUT2D eigenvalue weighted by Gasteiger charge is -2.40. The van der Waals surface area contributed by atoms with E-state index in [1.165, 1.54) is 6.92 Å². The number of anilines is 2. The molecule has 39 heavy (non-hydrogen) atoms. The summed E-state index contributed by atoms with van der Waals surface area (Å²) >= 11 is 0. The van der Waals surface area contributed by atoms with Crippen molar-refractivity contribution in [3.8, 4) is 0 Å². The van der Waals surface area contributed by atoms with Crippen LogP contribution in [0.1, 0.15) is 58.2 Å². The number of aromatic nitrogens is 2. The maximum Gasteiger partial charge on any atom is 0.433 e. The molecule has 4 rings (SSSR count). The molecule has 3 fully saturated rings. The van der Waals surface area contributed by atoms with Crippen molar-refractivity contribution in [1.82, 2.24) is 19.8 Å². The van der Waals surface area contributed by atoms with Crippen molar-refractivity contribution in [1.29, 1.82) is 0 Å². The average Bonchev–Trinajstić information content (AvgIpc) is 2.86. The van der Waals surface area contributed by atoms with Crippen molar-refractivity contribution in [3.63, 3.8) is 0 Å². The highest BCUT2D eigenvalue weighted by Gasteiger charge is 2.39. The van der Waals surface area contributed by atoms with Crippen LogP contribution < -0.4 is 9.80 Å². The molecular weight excluding hydrogens is 517 g/mol. The minimum absolute atomic E-state index is 0.0273. The Hall–Kier alpha value is -2.83. The predicted octanol–water partition coefficient (Wildman–Crippen LogP) is 3.47. The number of halogens is 3. The Bertz CT molecular complexity index is 1050. The molecule has 2 amide bonds. The third-order valence-corrected chi connectivity index (χ3v) is 7.42. The molecule has 1 aromatic heterocycles. The van der Waals surface area contributed by atoms with Crippen molar-refractivity contribution in [2.24, 2.45) is 0 Å². The van der Waals surface area contributed by atoms with E-state index < -0.39 is 17.5 Å². The normalized spacial score (nSPS) is 21.2. The number of amides is 2. The summed E-state index contributed by atoms with van der Waals surface area (Å²) in [4.78, 5) is 40.3. The van der Waals surface area contributed by atoms with Gasteiger partial charge >= 0.3 is 12.3 Å². The molecule has 3 aliphatic heterocycles. The molecule has 0 aromatic carbocycles. The lowest BCUT2D eigenvalue weighted by atomic mass is 10.1. The third kappa shape index (κ3) is 7.03. The second-order valence-corrected chi connectivity index (χ2v) is 11.5. The SMILES string of the molecule is Cc1c(N2CCC(OCC(=O)N3CCN(C(=O)OC(C)(C)C)CC3)CC2)nc(N2CC[C@@H]2C)nc1C(F)(F)F. The van der Waals surface area contributed by atoms with E-state index in [-0.39, 0.29) is 42.3 Å². The molecule has 0 N–H and O–H groups in total. The van der Waals surface area contributed by atoms with E-state index in [1.807, 2.05) is 32.6 Å². The number of alkyl halides is 3. The molecule has 1 atom stereocenters. The maximum absolute atomic E-state index is 13.8. The van der Waals surface area contributed by atoms with Gasteiger partial charge in [-0.3, -0.25) is 4.79 Å². The summed E-state index contributed by atoms with van der Waals surface area (Å²) in [6.07, 6.45) is -3.09. The standard InChI is InChI=1S/C26H39F3N6O4/c1-17-6-11-35(17)23-30-21(26(27,28)29)18(2)22(31-23)33-9-7-19(8-10-33)38-16-20(36)32-12-14-34(15-13-32)24(37)39-25(3,4)5/h17,19H,6-16H2,1-5H3/t17-/m0/s1. The van der Waals surface area contributed by atoms with E-state index in [4.69, 9.17) is 9.47 Å². The van der Waals surface area contributed by atoms with E-state index in [1.54, 1.807) is 14.7 Å². The van der Waals surface area contributed by atoms with Crippen LogP contribution in [0.3, 0.4) is 0 Å². The van der Waals surface area contributed by atoms with Gasteiger partial charge in [-0.1, -0.05) is 0 Å². The Morgan fingerprint density at radius 1 is 0.923 bits per heavy atom. The molecule has 218 valence electrons. The first-order chi connectivity index (χ1) is 18.2. The van der Waals surface area contributed by atoms with Crippen LogP contribution in [0.15, 0.2) is 0 Å². The van der Waals surface area contributed by atoms with Crippen LogP contribution in [0.2, 0.25) is 0 Å². The summed E-state index contributed by atoms with van der Waals surface area (Å²) in [5.41, 5.74) is -1.44. The number of hydrogen-bond acceptors (Lipinski definition) is 8. The molecule has 3 aliphatic rings. The molecule has 1 aromatic rings. The summed E-state index contributed by atoms with van der Waals surface area (Å²) in [6, 6.07) is 0.110. The Balaban J connectivity index is 1.28. The Labute approximate surface area is 227 Å². The second kappa shape index (κ2) is 11.3. The zero-order valence-electron chi connectivity index (χ0n) is 23.4. The fraction of sp³-hybridized carbons (Fsp3) is 0.769. The molecule has 0 unspecified atom stereocenters. The first-order valence-electron chi connectivity index (χ1n) is 13.6. The maximum atomic E-state index is 13.8. The van der Waals surface area contributed by atoms with E-state index in [2.05, 4.69) is 9.97 Å². The van der Waals surface area contributed by atoms with E-state index in [9.17, 15) is 22.8 Å². The highest BCUT2D eigenvalue weighted by atomic mass is 19.4. The molecule has 3 saturated heterocycles. The van der Waals surface area contributed by atoms with Crippen LogP contribution in [0.5, 0.6) is 0 Å². The van der Waals surface area contributed by atoms with Gasteiger partial charge in [-0.2, -0.15) is 18.2 Å². The minimum atomic E-state index is -4.56. The molecule has 0 saturated carbocycles. The topological polar surface area (TPSA) is 91.3 Å². The summed E-state index contributed by atoms with van der Waals surface area (Å²) in [7, 11) is 0. The average molecular weight is 557 g/mol. The van der Waals surface area contributed by atoms with Gasteiger partial charge in [0, 0.05) is 57.4 Å². The molecule has 0 spiro atoms. The number of piperidine rings is 1. The zero-order valence-corrected chi connectivity index (χ0v) is 23.4. The van der Waals surface area contributed by atoms with E-state index in [0.29, 0.717) is 64.5 Å². The van der Waals surface area contributed by atoms with Crippen LogP contribution in [-0.2, 0) is 20.4 Å². The Kier molecular flexibility index (Phi) is 8.48. The van der Waals surface area contributed by atoms with E-state index in [0.717, 1.165) is 6.42 Å². The second-order valence-electron chi connectivity index (χ2n) is 11.5. The van der Waals surface area contributed by atoms with Crippen LogP contribution >= 0.6 is 0 Å². The smallest absolute Gasteiger partial charge is 0.433 e. The molecule has 10 nitrogen and oxygen atoms in total. The molecule has 0 radical (unpaired) electrons. The fourth-order valence-electron chi connectivity index (χ4n) is 5.00. The highest BCUT2D eigenvalue weighted by Crippen LogP contribution is 2.37. The zero-order chi connectivity index (χ0) is 28.5. The summed E-state index contributed by atoms with van der Waals surface area (Å²) in [5.74, 6) is 0.289. The molecule has 0 bridgehead atoms. The van der Waals surface area contributed by atoms with Gasteiger partial charge < -0.3 is 29.1 Å². The highest BCUT2D eigenvalue weighted by molar-refractivity contribution is 5.78. The number of hydrogen-bond donors (Lipinski definition) is 0. The lowest BCUT2D eigenvalue weighted by molar-refractivity contribution is -0.141. The van der Waals surface area contributed by atoms with Gasteiger partial charge in [0.2, 0.25) is 11.9 Å². The van der Waals surface area contributed by atoms with Crippen LogP contribution in [0, 0.1) is 6.92 Å². The quantitative estimate of drug-likeness (QED) is 0.545. The summed E-state index contributed by atoms with van der Waals surface area (Å²) in [6.45, 7) is 11.9. The fourth-order valence-corrected chi connectivity index (χ4v) is 5.00. The first-order valence-corrected chi connectivity index (χ1v) is 13.6. The summed E-state index contributed by atoms with van der Waals surface area (Å²) in [5, 5.41) is 0. The lowest BCUT2D eigenvalue weighted by Crippen LogP contribution is -2.52. The third-order valence-electron chi connectivity index (χ3n) is 7.42. The van der Waals surface area contributed by atoms with Crippen molar-refractivity contribution in [2.45, 2.75) is 77.8 Å². The molecule has 0 aliphatic carbocycles. The van der Waals surface area contributed by atoms with Gasteiger partial charge in [-0.15, -0.1) is 0 Å². The minimum Gasteiger partial charge on any atom is -0.444 e. The Morgan fingerprint density at radius 3 is 2.05 bits per heavy atom. The number of carbonyl (C=O) groups excluding carboxylic acids is 2. The monoisotopic (exact) mass is 556 g/mol. The Morgan fingerprint density at radius 2 is 1.54 bits per heavy atom. The largest absolute Gasteiger partial charge is 0.444 e. The van der Waals surface area contributed by atoms with Gasteiger partial charge in [0.25, 0.3) is 0 Å². The number of rotatable bonds is 5. The number of piperazine rings is 1. The van der Waals surface area contributed by atoms with Gasteiger partial charge in [0.15, 0.2) is 5.69 Å². The predicted molar refractivity (Wildman–Crippen MR) is 139 cm³/mol. The van der Waals surface area contributed by atoms with Gasteiger partial charge in [-0.05, 0) is 53.9 Å². The number of carbonyl (C=O) groups is 2. The van der Waals surface area contributed by atoms with Crippen molar-refractivity contribution < 1.29 is 32.2 Å². The summed E-state index contributed by atoms with van der Waals surface area (Å²) < 4.78 is 52.6. The number of ether oxygens (including phenoxy) is 2. The molecular formula is C26H39F3N6O4. The first kappa shape index (κ1) is 29.2.